The highest BCUT2D eigenvalue weighted by Crippen LogP contribution is 2.45. The van der Waals surface area contributed by atoms with Gasteiger partial charge in [0, 0.05) is 27.2 Å². The predicted molar refractivity (Wildman–Crippen MR) is 156 cm³/mol. The van der Waals surface area contributed by atoms with E-state index in [2.05, 4.69) is 6.07 Å². The summed E-state index contributed by atoms with van der Waals surface area (Å²) in [6, 6.07) is 26.5. The first kappa shape index (κ1) is 27.9. The van der Waals surface area contributed by atoms with E-state index in [4.69, 9.17) is 47.9 Å². The van der Waals surface area contributed by atoms with Crippen molar-refractivity contribution in [2.45, 2.75) is 19.4 Å². The average molecular weight is 587 g/mol. The largest absolute Gasteiger partial charge is 0.490 e. The predicted octanol–water partition coefficient (Wildman–Crippen LogP) is 7.41. The van der Waals surface area contributed by atoms with Gasteiger partial charge in [-0.1, -0.05) is 59.6 Å². The molecule has 9 heteroatoms. The van der Waals surface area contributed by atoms with Gasteiger partial charge >= 0.3 is 5.97 Å². The monoisotopic (exact) mass is 586 g/mol. The quantitative estimate of drug-likeness (QED) is 0.169. The maximum Gasteiger partial charge on any atom is 0.343 e. The zero-order chi connectivity index (χ0) is 28.9. The van der Waals surface area contributed by atoms with Crippen LogP contribution in [0.1, 0.15) is 39.9 Å². The number of hydrogen-bond donors (Lipinski definition) is 1. The highest BCUT2D eigenvalue weighted by molar-refractivity contribution is 6.35. The number of esters is 1. The Morgan fingerprint density at radius 2 is 1.78 bits per heavy atom. The summed E-state index contributed by atoms with van der Waals surface area (Å²) >= 11 is 12.3. The molecule has 1 unspecified atom stereocenters. The molecule has 0 aromatic heterocycles. The van der Waals surface area contributed by atoms with Gasteiger partial charge in [-0.05, 0) is 55.0 Å². The Bertz CT molecular complexity index is 1680. The van der Waals surface area contributed by atoms with E-state index in [1.165, 1.54) is 0 Å². The van der Waals surface area contributed by atoms with Crippen molar-refractivity contribution >= 4 is 29.2 Å². The number of carbonyl (C=O) groups excluding carboxylic acids is 1. The second-order valence-electron chi connectivity index (χ2n) is 9.04. The van der Waals surface area contributed by atoms with Crippen LogP contribution in [0.25, 0.3) is 0 Å². The average Bonchev–Trinajstić information content (AvgIpc) is 2.97. The summed E-state index contributed by atoms with van der Waals surface area (Å²) in [5.41, 5.74) is 9.04. The van der Waals surface area contributed by atoms with Crippen LogP contribution in [0.3, 0.4) is 0 Å². The number of rotatable bonds is 8. The van der Waals surface area contributed by atoms with Crippen molar-refractivity contribution in [1.82, 2.24) is 0 Å². The summed E-state index contributed by atoms with van der Waals surface area (Å²) < 4.78 is 23.3. The van der Waals surface area contributed by atoms with E-state index in [1.54, 1.807) is 66.7 Å². The number of benzene rings is 4. The fourth-order valence-corrected chi connectivity index (χ4v) is 4.93. The number of ether oxygens (including phenoxy) is 4. The number of carbonyl (C=O) groups is 1. The Morgan fingerprint density at radius 1 is 0.976 bits per heavy atom. The highest BCUT2D eigenvalue weighted by Gasteiger charge is 2.32. The maximum atomic E-state index is 12.6. The zero-order valence-electron chi connectivity index (χ0n) is 21.9. The summed E-state index contributed by atoms with van der Waals surface area (Å²) in [7, 11) is 0. The molecule has 7 nitrogen and oxygen atoms in total. The third-order valence-electron chi connectivity index (χ3n) is 6.41. The number of nitrogens with two attached hydrogens (primary N) is 1. The molecule has 1 aliphatic rings. The summed E-state index contributed by atoms with van der Waals surface area (Å²) in [5, 5.41) is 11.0. The van der Waals surface area contributed by atoms with Crippen molar-refractivity contribution in [3.63, 3.8) is 0 Å². The van der Waals surface area contributed by atoms with E-state index < -0.39 is 11.9 Å². The minimum atomic E-state index is -0.554. The SMILES string of the molecule is CCOc1cc(C2C(C#N)=C(N)Oc3cc(OC(=O)c4ccccc4)ccc32)ccc1OCc1ccc(Cl)cc1Cl. The van der Waals surface area contributed by atoms with Crippen molar-refractivity contribution in [3.8, 4) is 29.1 Å². The Labute approximate surface area is 247 Å². The van der Waals surface area contributed by atoms with Gasteiger partial charge in [0.25, 0.3) is 0 Å². The molecule has 1 aliphatic heterocycles. The zero-order valence-corrected chi connectivity index (χ0v) is 23.4. The van der Waals surface area contributed by atoms with E-state index in [9.17, 15) is 10.1 Å². The Kier molecular flexibility index (Phi) is 8.34. The molecule has 0 aliphatic carbocycles. The molecular formula is C32H24Cl2N2O5. The summed E-state index contributed by atoms with van der Waals surface area (Å²) in [4.78, 5) is 12.6. The number of halogens is 2. The fraction of sp³-hybridized carbons (Fsp3) is 0.125. The van der Waals surface area contributed by atoms with Gasteiger partial charge in [0.05, 0.1) is 18.1 Å². The molecule has 4 aromatic rings. The standard InChI is InChI=1S/C32H24Cl2N2O5/c1-2-38-29-14-20(9-13-27(29)39-18-21-8-10-22(33)15-26(21)34)30-24-12-11-23(16-28(24)41-31(36)25(30)17-35)40-32(37)19-6-4-3-5-7-19/h3-16,30H,2,18,36H2,1H3. The molecule has 0 radical (unpaired) electrons. The van der Waals surface area contributed by atoms with Gasteiger partial charge < -0.3 is 24.7 Å². The minimum Gasteiger partial charge on any atom is -0.490 e. The van der Waals surface area contributed by atoms with E-state index in [0.717, 1.165) is 11.1 Å². The molecule has 5 rings (SSSR count). The first-order chi connectivity index (χ1) is 19.9. The molecule has 0 amide bonds. The first-order valence-corrected chi connectivity index (χ1v) is 13.5. The van der Waals surface area contributed by atoms with Gasteiger partial charge in [0.1, 0.15) is 29.7 Å². The molecule has 0 spiro atoms. The molecule has 1 heterocycles. The van der Waals surface area contributed by atoms with Gasteiger partial charge in [0.2, 0.25) is 5.88 Å². The molecule has 41 heavy (non-hydrogen) atoms. The lowest BCUT2D eigenvalue weighted by Gasteiger charge is -2.27. The maximum absolute atomic E-state index is 12.6. The molecule has 206 valence electrons. The van der Waals surface area contributed by atoms with Crippen LogP contribution in [0.4, 0.5) is 0 Å². The Hall–Kier alpha value is -4.64. The topological polar surface area (TPSA) is 104 Å². The molecule has 0 saturated carbocycles. The molecule has 0 fully saturated rings. The second kappa shape index (κ2) is 12.3. The van der Waals surface area contributed by atoms with Crippen LogP contribution in [0.15, 0.2) is 96.4 Å². The lowest BCUT2D eigenvalue weighted by molar-refractivity contribution is 0.0734. The molecule has 0 saturated heterocycles. The van der Waals surface area contributed by atoms with Gasteiger partial charge in [-0.15, -0.1) is 0 Å². The Balaban J connectivity index is 1.45. The second-order valence-corrected chi connectivity index (χ2v) is 9.89. The number of hydrogen-bond acceptors (Lipinski definition) is 7. The lowest BCUT2D eigenvalue weighted by atomic mass is 9.83. The van der Waals surface area contributed by atoms with E-state index in [-0.39, 0.29) is 23.8 Å². The van der Waals surface area contributed by atoms with Crippen LogP contribution < -0.4 is 24.7 Å². The minimum absolute atomic E-state index is 0.0350. The van der Waals surface area contributed by atoms with Crippen molar-refractivity contribution in [1.29, 1.82) is 5.26 Å². The summed E-state index contributed by atoms with van der Waals surface area (Å²) in [6.07, 6.45) is 0. The van der Waals surface area contributed by atoms with Crippen LogP contribution in [-0.4, -0.2) is 12.6 Å². The fourth-order valence-electron chi connectivity index (χ4n) is 4.47. The highest BCUT2D eigenvalue weighted by atomic mass is 35.5. The van der Waals surface area contributed by atoms with Crippen LogP contribution in [0.2, 0.25) is 10.0 Å². The first-order valence-electron chi connectivity index (χ1n) is 12.7. The summed E-state index contributed by atoms with van der Waals surface area (Å²) in [5.74, 6) is 0.564. The number of allylic oxidation sites excluding steroid dienone is 1. The Morgan fingerprint density at radius 3 is 2.51 bits per heavy atom. The van der Waals surface area contributed by atoms with Crippen molar-refractivity contribution in [2.75, 3.05) is 6.61 Å². The van der Waals surface area contributed by atoms with E-state index in [0.29, 0.717) is 45.0 Å². The van der Waals surface area contributed by atoms with Crippen LogP contribution >= 0.6 is 23.2 Å². The van der Waals surface area contributed by atoms with Gasteiger partial charge in [-0.3, -0.25) is 0 Å². The van der Waals surface area contributed by atoms with E-state index in [1.807, 2.05) is 25.1 Å². The number of nitriles is 1. The summed E-state index contributed by atoms with van der Waals surface area (Å²) in [6.45, 7) is 2.47. The molecular weight excluding hydrogens is 563 g/mol. The third kappa shape index (κ3) is 6.09. The molecule has 2 N–H and O–H groups in total. The van der Waals surface area contributed by atoms with Crippen molar-refractivity contribution in [2.24, 2.45) is 5.73 Å². The lowest BCUT2D eigenvalue weighted by Crippen LogP contribution is -2.21. The van der Waals surface area contributed by atoms with Crippen LogP contribution in [0.5, 0.6) is 23.0 Å². The molecule has 4 aromatic carbocycles. The van der Waals surface area contributed by atoms with Gasteiger partial charge in [-0.25, -0.2) is 4.79 Å². The number of fused-ring (bicyclic) bond motifs is 1. The van der Waals surface area contributed by atoms with E-state index >= 15 is 0 Å². The third-order valence-corrected chi connectivity index (χ3v) is 7.00. The van der Waals surface area contributed by atoms with Gasteiger partial charge in [0.15, 0.2) is 11.5 Å². The number of nitrogens with zero attached hydrogens (tertiary/aromatic N) is 1. The normalized spacial score (nSPS) is 14.0. The molecule has 0 bridgehead atoms. The van der Waals surface area contributed by atoms with Crippen molar-refractivity contribution in [3.05, 3.63) is 129 Å². The smallest absolute Gasteiger partial charge is 0.343 e. The van der Waals surface area contributed by atoms with Gasteiger partial charge in [-0.2, -0.15) is 5.26 Å². The van der Waals surface area contributed by atoms with Crippen LogP contribution in [-0.2, 0) is 6.61 Å². The van der Waals surface area contributed by atoms with Crippen LogP contribution in [0, 0.1) is 11.3 Å². The molecule has 1 atom stereocenters. The van der Waals surface area contributed by atoms with Crippen molar-refractivity contribution < 1.29 is 23.7 Å².